The van der Waals surface area contributed by atoms with Crippen molar-refractivity contribution in [1.82, 2.24) is 4.57 Å². The van der Waals surface area contributed by atoms with Gasteiger partial charge in [-0.25, -0.2) is 0 Å². The second-order valence-corrected chi connectivity index (χ2v) is 13.0. The van der Waals surface area contributed by atoms with E-state index in [0.29, 0.717) is 0 Å². The van der Waals surface area contributed by atoms with Crippen LogP contribution in [0, 0.1) is 0 Å². The Morgan fingerprint density at radius 3 is 1.61 bits per heavy atom. The molecule has 0 amide bonds. The fourth-order valence-corrected chi connectivity index (χ4v) is 7.54. The van der Waals surface area contributed by atoms with Crippen molar-refractivity contribution in [1.29, 1.82) is 0 Å². The largest absolute Gasteiger partial charge is 0.456 e. The zero-order valence-corrected chi connectivity index (χ0v) is 27.8. The standard InChI is InChI=1S/C48H32N2O/c1-3-11-33(12-4-1)34-19-24-38(25-20-34)49(39-26-21-35(22-27-39)36-23-29-43-42-16-8-10-18-47(42)51-48(43)31-36)40-28-30-46-44(32-40)41-15-7-9-17-45(41)50(46)37-13-5-2-6-14-37/h1-32H. The van der Waals surface area contributed by atoms with Crippen molar-refractivity contribution in [2.45, 2.75) is 0 Å². The van der Waals surface area contributed by atoms with E-state index in [0.717, 1.165) is 55.8 Å². The Morgan fingerprint density at radius 1 is 0.333 bits per heavy atom. The lowest BCUT2D eigenvalue weighted by Crippen LogP contribution is -2.10. The van der Waals surface area contributed by atoms with Gasteiger partial charge in [0, 0.05) is 44.3 Å². The topological polar surface area (TPSA) is 21.3 Å². The Balaban J connectivity index is 1.10. The van der Waals surface area contributed by atoms with Crippen LogP contribution >= 0.6 is 0 Å². The molecule has 0 unspecified atom stereocenters. The van der Waals surface area contributed by atoms with Gasteiger partial charge in [-0.15, -0.1) is 0 Å². The maximum Gasteiger partial charge on any atom is 0.136 e. The molecule has 0 aliphatic carbocycles. The van der Waals surface area contributed by atoms with Crippen LogP contribution in [-0.2, 0) is 0 Å². The molecule has 10 rings (SSSR count). The smallest absolute Gasteiger partial charge is 0.136 e. The van der Waals surface area contributed by atoms with Gasteiger partial charge >= 0.3 is 0 Å². The van der Waals surface area contributed by atoms with Crippen LogP contribution in [-0.4, -0.2) is 4.57 Å². The monoisotopic (exact) mass is 652 g/mol. The van der Waals surface area contributed by atoms with Crippen molar-refractivity contribution < 1.29 is 4.42 Å². The molecule has 0 radical (unpaired) electrons. The molecule has 0 bridgehead atoms. The van der Waals surface area contributed by atoms with Crippen LogP contribution in [0.4, 0.5) is 17.1 Å². The van der Waals surface area contributed by atoms with Gasteiger partial charge < -0.3 is 13.9 Å². The van der Waals surface area contributed by atoms with E-state index in [1.165, 1.54) is 32.9 Å². The predicted octanol–water partition coefficient (Wildman–Crippen LogP) is 13.5. The van der Waals surface area contributed by atoms with Crippen molar-refractivity contribution in [3.8, 4) is 27.9 Å². The molecule has 3 heteroatoms. The molecule has 240 valence electrons. The zero-order chi connectivity index (χ0) is 33.7. The highest BCUT2D eigenvalue weighted by Crippen LogP contribution is 2.41. The number of para-hydroxylation sites is 3. The molecule has 8 aromatic carbocycles. The summed E-state index contributed by atoms with van der Waals surface area (Å²) in [5.41, 5.74) is 13.3. The summed E-state index contributed by atoms with van der Waals surface area (Å²) < 4.78 is 8.58. The average Bonchev–Trinajstić information content (AvgIpc) is 3.74. The average molecular weight is 653 g/mol. The molecule has 0 atom stereocenters. The summed E-state index contributed by atoms with van der Waals surface area (Å²) in [5, 5.41) is 4.73. The SMILES string of the molecule is c1ccc(-c2ccc(N(c3ccc(-c4ccc5c(c4)oc4ccccc45)cc3)c3ccc4c(c3)c3ccccc3n4-c3ccccc3)cc2)cc1. The molecule has 0 spiro atoms. The van der Waals surface area contributed by atoms with Gasteiger partial charge in [0.05, 0.1) is 11.0 Å². The number of anilines is 3. The first-order valence-corrected chi connectivity index (χ1v) is 17.3. The van der Waals surface area contributed by atoms with Gasteiger partial charge in [-0.2, -0.15) is 0 Å². The highest BCUT2D eigenvalue weighted by Gasteiger charge is 2.18. The van der Waals surface area contributed by atoms with Crippen LogP contribution < -0.4 is 4.90 Å². The minimum atomic E-state index is 0.904. The first-order valence-electron chi connectivity index (χ1n) is 17.3. The number of benzene rings is 8. The van der Waals surface area contributed by atoms with Crippen molar-refractivity contribution in [3.05, 3.63) is 194 Å². The van der Waals surface area contributed by atoms with Gasteiger partial charge in [0.1, 0.15) is 11.2 Å². The van der Waals surface area contributed by atoms with E-state index in [9.17, 15) is 0 Å². The number of furan rings is 1. The minimum absolute atomic E-state index is 0.904. The molecule has 0 aliphatic rings. The number of rotatable bonds is 6. The number of hydrogen-bond donors (Lipinski definition) is 0. The highest BCUT2D eigenvalue weighted by molar-refractivity contribution is 6.11. The molecule has 3 nitrogen and oxygen atoms in total. The third-order valence-corrected chi connectivity index (χ3v) is 10.00. The molecule has 0 saturated heterocycles. The second-order valence-electron chi connectivity index (χ2n) is 13.0. The quantitative estimate of drug-likeness (QED) is 0.178. The van der Waals surface area contributed by atoms with E-state index >= 15 is 0 Å². The molecule has 0 aliphatic heterocycles. The molecule has 0 fully saturated rings. The van der Waals surface area contributed by atoms with Crippen LogP contribution in [0.1, 0.15) is 0 Å². The van der Waals surface area contributed by atoms with E-state index < -0.39 is 0 Å². The Kier molecular flexibility index (Phi) is 6.81. The molecule has 51 heavy (non-hydrogen) atoms. The maximum atomic E-state index is 6.22. The molecular weight excluding hydrogens is 621 g/mol. The van der Waals surface area contributed by atoms with Crippen LogP contribution in [0.2, 0.25) is 0 Å². The Bertz CT molecular complexity index is 2830. The van der Waals surface area contributed by atoms with E-state index in [1.807, 2.05) is 12.1 Å². The number of aromatic nitrogens is 1. The summed E-state index contributed by atoms with van der Waals surface area (Å²) in [7, 11) is 0. The lowest BCUT2D eigenvalue weighted by Gasteiger charge is -2.26. The third kappa shape index (κ3) is 4.98. The van der Waals surface area contributed by atoms with Crippen molar-refractivity contribution in [2.75, 3.05) is 4.90 Å². The van der Waals surface area contributed by atoms with Crippen LogP contribution in [0.3, 0.4) is 0 Å². The number of fused-ring (bicyclic) bond motifs is 6. The summed E-state index contributed by atoms with van der Waals surface area (Å²) in [6, 6.07) is 69.2. The molecule has 0 saturated carbocycles. The summed E-state index contributed by atoms with van der Waals surface area (Å²) in [4.78, 5) is 2.36. The van der Waals surface area contributed by atoms with Crippen molar-refractivity contribution in [2.24, 2.45) is 0 Å². The fourth-order valence-electron chi connectivity index (χ4n) is 7.54. The van der Waals surface area contributed by atoms with E-state index in [1.54, 1.807) is 0 Å². The van der Waals surface area contributed by atoms with Gasteiger partial charge in [-0.1, -0.05) is 115 Å². The number of hydrogen-bond acceptors (Lipinski definition) is 2. The van der Waals surface area contributed by atoms with Crippen LogP contribution in [0.15, 0.2) is 199 Å². The molecular formula is C48H32N2O. The van der Waals surface area contributed by atoms with Crippen molar-refractivity contribution >= 4 is 60.8 Å². The van der Waals surface area contributed by atoms with Gasteiger partial charge in [-0.3, -0.25) is 0 Å². The van der Waals surface area contributed by atoms with E-state index in [2.05, 4.69) is 191 Å². The highest BCUT2D eigenvalue weighted by atomic mass is 16.3. The zero-order valence-electron chi connectivity index (χ0n) is 27.8. The summed E-state index contributed by atoms with van der Waals surface area (Å²) in [6.07, 6.45) is 0. The Morgan fingerprint density at radius 2 is 0.863 bits per heavy atom. The van der Waals surface area contributed by atoms with Gasteiger partial charge in [-0.05, 0) is 101 Å². The first kappa shape index (κ1) is 29.1. The van der Waals surface area contributed by atoms with Gasteiger partial charge in [0.2, 0.25) is 0 Å². The van der Waals surface area contributed by atoms with Gasteiger partial charge in [0.25, 0.3) is 0 Å². The first-order chi connectivity index (χ1) is 25.3. The molecule has 2 aromatic heterocycles. The van der Waals surface area contributed by atoms with Crippen LogP contribution in [0.5, 0.6) is 0 Å². The Hall–Kier alpha value is -6.84. The summed E-state index contributed by atoms with van der Waals surface area (Å²) in [6.45, 7) is 0. The maximum absolute atomic E-state index is 6.22. The third-order valence-electron chi connectivity index (χ3n) is 10.00. The predicted molar refractivity (Wildman–Crippen MR) is 214 cm³/mol. The normalized spacial score (nSPS) is 11.5. The summed E-state index contributed by atoms with van der Waals surface area (Å²) >= 11 is 0. The second kappa shape index (κ2) is 11.9. The van der Waals surface area contributed by atoms with Crippen LogP contribution in [0.25, 0.3) is 71.7 Å². The minimum Gasteiger partial charge on any atom is -0.456 e. The lowest BCUT2D eigenvalue weighted by molar-refractivity contribution is 0.669. The summed E-state index contributed by atoms with van der Waals surface area (Å²) in [5.74, 6) is 0. The molecule has 2 heterocycles. The van der Waals surface area contributed by atoms with Crippen molar-refractivity contribution in [3.63, 3.8) is 0 Å². The van der Waals surface area contributed by atoms with E-state index in [4.69, 9.17) is 4.42 Å². The Labute approximate surface area is 295 Å². The number of nitrogens with zero attached hydrogens (tertiary/aromatic N) is 2. The van der Waals surface area contributed by atoms with E-state index in [-0.39, 0.29) is 0 Å². The fraction of sp³-hybridized carbons (Fsp3) is 0. The molecule has 0 N–H and O–H groups in total. The van der Waals surface area contributed by atoms with Gasteiger partial charge in [0.15, 0.2) is 0 Å². The lowest BCUT2D eigenvalue weighted by atomic mass is 10.0. The molecule has 10 aromatic rings.